The first-order valence-corrected chi connectivity index (χ1v) is 7.24. The third-order valence-corrected chi connectivity index (χ3v) is 3.88. The lowest BCUT2D eigenvalue weighted by Gasteiger charge is -2.37. The van der Waals surface area contributed by atoms with Crippen molar-refractivity contribution in [3.63, 3.8) is 0 Å². The SMILES string of the molecule is CCNC1CCN(c2cnn(CCOC)c2)CC1C. The summed E-state index contributed by atoms with van der Waals surface area (Å²) in [6.07, 6.45) is 5.30. The molecule has 5 nitrogen and oxygen atoms in total. The summed E-state index contributed by atoms with van der Waals surface area (Å²) in [5, 5.41) is 7.96. The maximum absolute atomic E-state index is 5.08. The van der Waals surface area contributed by atoms with E-state index in [2.05, 4.69) is 35.4 Å². The van der Waals surface area contributed by atoms with Gasteiger partial charge in [-0.25, -0.2) is 0 Å². The van der Waals surface area contributed by atoms with Gasteiger partial charge in [-0.15, -0.1) is 0 Å². The number of anilines is 1. The summed E-state index contributed by atoms with van der Waals surface area (Å²) in [6.45, 7) is 9.31. The van der Waals surface area contributed by atoms with Crippen LogP contribution in [0.3, 0.4) is 0 Å². The first-order chi connectivity index (χ1) is 9.24. The summed E-state index contributed by atoms with van der Waals surface area (Å²) in [4.78, 5) is 2.44. The minimum absolute atomic E-state index is 0.657. The van der Waals surface area contributed by atoms with Crippen molar-refractivity contribution in [1.82, 2.24) is 15.1 Å². The number of methoxy groups -OCH3 is 1. The van der Waals surface area contributed by atoms with Crippen LogP contribution in [0.15, 0.2) is 12.4 Å². The molecule has 1 fully saturated rings. The Kier molecular flexibility index (Phi) is 5.22. The molecule has 1 saturated heterocycles. The largest absolute Gasteiger partial charge is 0.383 e. The molecule has 2 atom stereocenters. The van der Waals surface area contributed by atoms with E-state index in [9.17, 15) is 0 Å². The van der Waals surface area contributed by atoms with Crippen LogP contribution in [0.2, 0.25) is 0 Å². The molecule has 0 amide bonds. The van der Waals surface area contributed by atoms with E-state index in [1.165, 1.54) is 12.1 Å². The van der Waals surface area contributed by atoms with Crippen molar-refractivity contribution in [3.8, 4) is 0 Å². The summed E-state index contributed by atoms with van der Waals surface area (Å²) in [6, 6.07) is 0.657. The van der Waals surface area contributed by atoms with Gasteiger partial charge in [0, 0.05) is 32.4 Å². The van der Waals surface area contributed by atoms with Crippen LogP contribution in [0.1, 0.15) is 20.3 Å². The lowest BCUT2D eigenvalue weighted by Crippen LogP contribution is -2.48. The summed E-state index contributed by atoms with van der Waals surface area (Å²) in [7, 11) is 1.72. The molecule has 108 valence electrons. The van der Waals surface area contributed by atoms with Crippen LogP contribution >= 0.6 is 0 Å². The van der Waals surface area contributed by atoms with Crippen molar-refractivity contribution in [3.05, 3.63) is 12.4 Å². The number of piperidine rings is 1. The summed E-state index contributed by atoms with van der Waals surface area (Å²) < 4.78 is 7.03. The Hall–Kier alpha value is -1.07. The van der Waals surface area contributed by atoms with E-state index in [0.717, 1.165) is 26.2 Å². The number of hydrogen-bond donors (Lipinski definition) is 1. The molecule has 0 spiro atoms. The van der Waals surface area contributed by atoms with Crippen LogP contribution in [0.4, 0.5) is 5.69 Å². The first-order valence-electron chi connectivity index (χ1n) is 7.24. The molecule has 5 heteroatoms. The molecule has 1 N–H and O–H groups in total. The summed E-state index contributed by atoms with van der Waals surface area (Å²) in [5.74, 6) is 0.677. The molecule has 0 saturated carbocycles. The lowest BCUT2D eigenvalue weighted by atomic mass is 9.93. The molecule has 0 aromatic carbocycles. The zero-order valence-corrected chi connectivity index (χ0v) is 12.3. The third kappa shape index (κ3) is 3.70. The highest BCUT2D eigenvalue weighted by atomic mass is 16.5. The van der Waals surface area contributed by atoms with Gasteiger partial charge in [-0.2, -0.15) is 5.10 Å². The van der Waals surface area contributed by atoms with E-state index in [-0.39, 0.29) is 0 Å². The monoisotopic (exact) mass is 266 g/mol. The second-order valence-electron chi connectivity index (χ2n) is 5.33. The Morgan fingerprint density at radius 1 is 1.53 bits per heavy atom. The smallest absolute Gasteiger partial charge is 0.0752 e. The van der Waals surface area contributed by atoms with Crippen LogP contribution in [-0.4, -0.2) is 49.2 Å². The van der Waals surface area contributed by atoms with Crippen molar-refractivity contribution >= 4 is 5.69 Å². The van der Waals surface area contributed by atoms with E-state index in [0.29, 0.717) is 18.6 Å². The van der Waals surface area contributed by atoms with Crippen molar-refractivity contribution in [2.75, 3.05) is 38.3 Å². The van der Waals surface area contributed by atoms with Gasteiger partial charge in [-0.1, -0.05) is 13.8 Å². The molecule has 0 aliphatic carbocycles. The molecule has 0 bridgehead atoms. The van der Waals surface area contributed by atoms with Gasteiger partial charge >= 0.3 is 0 Å². The number of aromatic nitrogens is 2. The Bertz CT molecular complexity index is 379. The standard InChI is InChI=1S/C14H26N4O/c1-4-15-14-5-6-17(10-12(14)2)13-9-16-18(11-13)7-8-19-3/h9,11-12,14-15H,4-8,10H2,1-3H3. The Morgan fingerprint density at radius 2 is 2.37 bits per heavy atom. The van der Waals surface area contributed by atoms with Gasteiger partial charge in [0.15, 0.2) is 0 Å². The van der Waals surface area contributed by atoms with E-state index in [1.807, 2.05) is 10.9 Å². The van der Waals surface area contributed by atoms with Crippen molar-refractivity contribution in [1.29, 1.82) is 0 Å². The van der Waals surface area contributed by atoms with Gasteiger partial charge in [0.1, 0.15) is 0 Å². The highest BCUT2D eigenvalue weighted by Gasteiger charge is 2.25. The normalized spacial score (nSPS) is 23.8. The number of nitrogens with zero attached hydrogens (tertiary/aromatic N) is 3. The fraction of sp³-hybridized carbons (Fsp3) is 0.786. The molecule has 0 radical (unpaired) electrons. The van der Waals surface area contributed by atoms with Crippen molar-refractivity contribution < 1.29 is 4.74 Å². The molecule has 2 heterocycles. The second-order valence-corrected chi connectivity index (χ2v) is 5.33. The molecule has 1 aliphatic rings. The maximum Gasteiger partial charge on any atom is 0.0752 e. The van der Waals surface area contributed by atoms with Gasteiger partial charge in [-0.05, 0) is 18.9 Å². The van der Waals surface area contributed by atoms with Crippen LogP contribution in [0, 0.1) is 5.92 Å². The predicted molar refractivity (Wildman–Crippen MR) is 77.6 cm³/mol. The van der Waals surface area contributed by atoms with Crippen LogP contribution in [0.5, 0.6) is 0 Å². The Balaban J connectivity index is 1.90. The van der Waals surface area contributed by atoms with Gasteiger partial charge in [0.05, 0.1) is 25.0 Å². The van der Waals surface area contributed by atoms with Crippen molar-refractivity contribution in [2.24, 2.45) is 5.92 Å². The maximum atomic E-state index is 5.08. The molecule has 1 aromatic heterocycles. The molecule has 19 heavy (non-hydrogen) atoms. The highest BCUT2D eigenvalue weighted by molar-refractivity contribution is 5.43. The van der Waals surface area contributed by atoms with E-state index in [1.54, 1.807) is 7.11 Å². The summed E-state index contributed by atoms with van der Waals surface area (Å²) in [5.41, 5.74) is 1.23. The fourth-order valence-electron chi connectivity index (χ4n) is 2.77. The number of ether oxygens (including phenoxy) is 1. The Labute approximate surface area is 115 Å². The van der Waals surface area contributed by atoms with Crippen molar-refractivity contribution in [2.45, 2.75) is 32.9 Å². The third-order valence-electron chi connectivity index (χ3n) is 3.88. The second kappa shape index (κ2) is 6.91. The zero-order chi connectivity index (χ0) is 13.7. The molecular weight excluding hydrogens is 240 g/mol. The highest BCUT2D eigenvalue weighted by Crippen LogP contribution is 2.22. The summed E-state index contributed by atoms with van der Waals surface area (Å²) >= 11 is 0. The zero-order valence-electron chi connectivity index (χ0n) is 12.3. The average Bonchev–Trinajstić information content (AvgIpc) is 2.88. The van der Waals surface area contributed by atoms with E-state index in [4.69, 9.17) is 4.74 Å². The van der Waals surface area contributed by atoms with Gasteiger partial charge in [0.2, 0.25) is 0 Å². The molecule has 1 aliphatic heterocycles. The van der Waals surface area contributed by atoms with Gasteiger partial charge in [0.25, 0.3) is 0 Å². The molecule has 2 rings (SSSR count). The van der Waals surface area contributed by atoms with Crippen LogP contribution < -0.4 is 10.2 Å². The lowest BCUT2D eigenvalue weighted by molar-refractivity contribution is 0.183. The number of nitrogens with one attached hydrogen (secondary N) is 1. The van der Waals surface area contributed by atoms with E-state index < -0.39 is 0 Å². The topological polar surface area (TPSA) is 42.3 Å². The number of hydrogen-bond acceptors (Lipinski definition) is 4. The molecular formula is C14H26N4O. The van der Waals surface area contributed by atoms with Crippen LogP contribution in [0.25, 0.3) is 0 Å². The first kappa shape index (κ1) is 14.3. The minimum atomic E-state index is 0.657. The predicted octanol–water partition coefficient (Wildman–Crippen LogP) is 1.35. The van der Waals surface area contributed by atoms with Gasteiger partial charge in [-0.3, -0.25) is 4.68 Å². The van der Waals surface area contributed by atoms with Gasteiger partial charge < -0.3 is 15.0 Å². The minimum Gasteiger partial charge on any atom is -0.383 e. The average molecular weight is 266 g/mol. The van der Waals surface area contributed by atoms with E-state index >= 15 is 0 Å². The Morgan fingerprint density at radius 3 is 3.05 bits per heavy atom. The number of rotatable bonds is 6. The quantitative estimate of drug-likeness (QED) is 0.844. The van der Waals surface area contributed by atoms with Crippen LogP contribution in [-0.2, 0) is 11.3 Å². The molecule has 1 aromatic rings. The fourth-order valence-corrected chi connectivity index (χ4v) is 2.77. The molecule has 2 unspecified atom stereocenters.